The van der Waals surface area contributed by atoms with Gasteiger partial charge in [-0.3, -0.25) is 4.79 Å². The fraction of sp³-hybridized carbons (Fsp3) is 0.235. The standard InChI is InChI=1S/C17H16O3S/c18-15(12-13-6-2-1-3-7-13)17-11-10-14-8-4-5-9-16(14)21(17,19)20/h1-9,17H,10-12H2. The van der Waals surface area contributed by atoms with Gasteiger partial charge in [0.05, 0.1) is 4.90 Å². The lowest BCUT2D eigenvalue weighted by atomic mass is 10.0. The average Bonchev–Trinajstić information content (AvgIpc) is 2.48. The van der Waals surface area contributed by atoms with Crippen LogP contribution in [0.15, 0.2) is 59.5 Å². The second kappa shape index (κ2) is 5.45. The van der Waals surface area contributed by atoms with E-state index in [4.69, 9.17) is 0 Å². The van der Waals surface area contributed by atoms with Gasteiger partial charge in [0.15, 0.2) is 15.6 Å². The molecule has 1 unspecified atom stereocenters. The molecule has 2 aromatic carbocycles. The number of hydrogen-bond donors (Lipinski definition) is 0. The van der Waals surface area contributed by atoms with Gasteiger partial charge in [0.2, 0.25) is 0 Å². The minimum absolute atomic E-state index is 0.174. The quantitative estimate of drug-likeness (QED) is 0.875. The lowest BCUT2D eigenvalue weighted by Gasteiger charge is -2.23. The Kier molecular flexibility index (Phi) is 3.64. The number of fused-ring (bicyclic) bond motifs is 1. The average molecular weight is 300 g/mol. The molecule has 4 heteroatoms. The summed E-state index contributed by atoms with van der Waals surface area (Å²) >= 11 is 0. The van der Waals surface area contributed by atoms with E-state index in [9.17, 15) is 13.2 Å². The third-order valence-electron chi connectivity index (χ3n) is 3.91. The summed E-state index contributed by atoms with van der Waals surface area (Å²) in [4.78, 5) is 12.7. The van der Waals surface area contributed by atoms with Crippen molar-refractivity contribution in [3.05, 3.63) is 65.7 Å². The van der Waals surface area contributed by atoms with Crippen LogP contribution in [-0.4, -0.2) is 19.5 Å². The van der Waals surface area contributed by atoms with Crippen LogP contribution in [0.1, 0.15) is 17.5 Å². The number of hydrogen-bond acceptors (Lipinski definition) is 3. The van der Waals surface area contributed by atoms with Crippen molar-refractivity contribution in [2.24, 2.45) is 0 Å². The van der Waals surface area contributed by atoms with Crippen LogP contribution in [0.3, 0.4) is 0 Å². The topological polar surface area (TPSA) is 51.2 Å². The Morgan fingerprint density at radius 3 is 2.43 bits per heavy atom. The molecule has 0 N–H and O–H groups in total. The highest BCUT2D eigenvalue weighted by molar-refractivity contribution is 7.93. The lowest BCUT2D eigenvalue weighted by molar-refractivity contribution is -0.118. The number of carbonyl (C=O) groups is 1. The van der Waals surface area contributed by atoms with Crippen LogP contribution in [0.25, 0.3) is 0 Å². The smallest absolute Gasteiger partial charge is 0.188 e. The molecular weight excluding hydrogens is 284 g/mol. The van der Waals surface area contributed by atoms with Crippen LogP contribution >= 0.6 is 0 Å². The molecule has 0 bridgehead atoms. The van der Waals surface area contributed by atoms with Crippen molar-refractivity contribution in [3.63, 3.8) is 0 Å². The lowest BCUT2D eigenvalue weighted by Crippen LogP contribution is -2.35. The zero-order valence-electron chi connectivity index (χ0n) is 11.5. The maximum atomic E-state index is 12.6. The van der Waals surface area contributed by atoms with E-state index >= 15 is 0 Å². The van der Waals surface area contributed by atoms with E-state index in [1.165, 1.54) is 0 Å². The molecule has 1 aliphatic heterocycles. The number of sulfone groups is 1. The summed E-state index contributed by atoms with van der Waals surface area (Å²) in [6, 6.07) is 16.3. The normalized spacial score (nSPS) is 19.7. The molecule has 21 heavy (non-hydrogen) atoms. The summed E-state index contributed by atoms with van der Waals surface area (Å²) in [5.74, 6) is -0.212. The molecule has 3 nitrogen and oxygen atoms in total. The van der Waals surface area contributed by atoms with Crippen molar-refractivity contribution >= 4 is 15.6 Å². The monoisotopic (exact) mass is 300 g/mol. The Bertz CT molecular complexity index is 764. The van der Waals surface area contributed by atoms with Gasteiger partial charge < -0.3 is 0 Å². The van der Waals surface area contributed by atoms with Crippen LogP contribution in [0.4, 0.5) is 0 Å². The van der Waals surface area contributed by atoms with Gasteiger partial charge in [0.25, 0.3) is 0 Å². The zero-order chi connectivity index (χ0) is 14.9. The first-order chi connectivity index (χ1) is 10.1. The van der Waals surface area contributed by atoms with Gasteiger partial charge in [-0.2, -0.15) is 0 Å². The first kappa shape index (κ1) is 14.0. The summed E-state index contributed by atoms with van der Waals surface area (Å²) in [6.07, 6.45) is 1.19. The number of aryl methyl sites for hydroxylation is 1. The van der Waals surface area contributed by atoms with Gasteiger partial charge in [-0.25, -0.2) is 8.42 Å². The summed E-state index contributed by atoms with van der Waals surface area (Å²) < 4.78 is 25.2. The molecule has 0 amide bonds. The third kappa shape index (κ3) is 2.63. The zero-order valence-corrected chi connectivity index (χ0v) is 12.3. The van der Waals surface area contributed by atoms with Crippen molar-refractivity contribution in [2.45, 2.75) is 29.4 Å². The fourth-order valence-corrected chi connectivity index (χ4v) is 4.80. The van der Waals surface area contributed by atoms with Crippen molar-refractivity contribution in [3.8, 4) is 0 Å². The summed E-state index contributed by atoms with van der Waals surface area (Å²) in [5.41, 5.74) is 1.68. The molecule has 1 heterocycles. The van der Waals surface area contributed by atoms with Crippen molar-refractivity contribution in [2.75, 3.05) is 0 Å². The van der Waals surface area contributed by atoms with E-state index in [2.05, 4.69) is 0 Å². The molecular formula is C17H16O3S. The second-order valence-corrected chi connectivity index (χ2v) is 7.41. The predicted octanol–water partition coefficient (Wildman–Crippen LogP) is 2.59. The van der Waals surface area contributed by atoms with E-state index < -0.39 is 15.1 Å². The van der Waals surface area contributed by atoms with E-state index in [0.717, 1.165) is 11.1 Å². The molecule has 108 valence electrons. The summed E-state index contributed by atoms with van der Waals surface area (Å²) in [7, 11) is -3.55. The highest BCUT2D eigenvalue weighted by Gasteiger charge is 2.37. The van der Waals surface area contributed by atoms with Crippen molar-refractivity contribution < 1.29 is 13.2 Å². The molecule has 0 radical (unpaired) electrons. The molecule has 1 atom stereocenters. The third-order valence-corrected chi connectivity index (χ3v) is 6.17. The van der Waals surface area contributed by atoms with Gasteiger partial charge in [-0.05, 0) is 30.0 Å². The van der Waals surface area contributed by atoms with Gasteiger partial charge in [0.1, 0.15) is 5.25 Å². The van der Waals surface area contributed by atoms with Crippen LogP contribution in [0.5, 0.6) is 0 Å². The highest BCUT2D eigenvalue weighted by atomic mass is 32.2. The van der Waals surface area contributed by atoms with Crippen LogP contribution in [0, 0.1) is 0 Å². The fourth-order valence-electron chi connectivity index (χ4n) is 2.83. The van der Waals surface area contributed by atoms with Crippen LogP contribution < -0.4 is 0 Å². The predicted molar refractivity (Wildman–Crippen MR) is 80.9 cm³/mol. The van der Waals surface area contributed by atoms with Crippen LogP contribution in [0.2, 0.25) is 0 Å². The Hall–Kier alpha value is -1.94. The maximum absolute atomic E-state index is 12.6. The Labute approximate surface area is 124 Å². The SMILES string of the molecule is O=C(Cc1ccccc1)C1CCc2ccccc2S1(=O)=O. The van der Waals surface area contributed by atoms with Gasteiger partial charge in [-0.1, -0.05) is 48.5 Å². The first-order valence-electron chi connectivity index (χ1n) is 6.97. The van der Waals surface area contributed by atoms with E-state index in [1.807, 2.05) is 42.5 Å². The van der Waals surface area contributed by atoms with Crippen molar-refractivity contribution in [1.82, 2.24) is 0 Å². The van der Waals surface area contributed by atoms with Crippen LogP contribution in [-0.2, 0) is 27.5 Å². The highest BCUT2D eigenvalue weighted by Crippen LogP contribution is 2.30. The van der Waals surface area contributed by atoms with Gasteiger partial charge in [-0.15, -0.1) is 0 Å². The summed E-state index contributed by atoms with van der Waals surface area (Å²) in [6.45, 7) is 0. The maximum Gasteiger partial charge on any atom is 0.188 e. The van der Waals surface area contributed by atoms with Crippen molar-refractivity contribution in [1.29, 1.82) is 0 Å². The first-order valence-corrected chi connectivity index (χ1v) is 8.52. The van der Waals surface area contributed by atoms with E-state index in [0.29, 0.717) is 17.7 Å². The second-order valence-electron chi connectivity index (χ2n) is 5.31. The number of carbonyl (C=O) groups excluding carboxylic acids is 1. The van der Waals surface area contributed by atoms with E-state index in [-0.39, 0.29) is 12.2 Å². The number of rotatable bonds is 3. The molecule has 0 spiro atoms. The molecule has 1 aliphatic rings. The largest absolute Gasteiger partial charge is 0.298 e. The molecule has 2 aromatic rings. The molecule has 3 rings (SSSR count). The minimum Gasteiger partial charge on any atom is -0.298 e. The number of benzene rings is 2. The summed E-state index contributed by atoms with van der Waals surface area (Å²) in [5, 5.41) is -0.910. The van der Waals surface area contributed by atoms with Gasteiger partial charge in [0, 0.05) is 6.42 Å². The molecule has 0 aromatic heterocycles. The molecule has 0 aliphatic carbocycles. The Morgan fingerprint density at radius 1 is 1.00 bits per heavy atom. The Morgan fingerprint density at radius 2 is 1.67 bits per heavy atom. The minimum atomic E-state index is -3.55. The molecule has 0 saturated heterocycles. The molecule has 0 fully saturated rings. The van der Waals surface area contributed by atoms with E-state index in [1.54, 1.807) is 12.1 Å². The Balaban J connectivity index is 1.89. The number of ketones is 1. The number of Topliss-reactive ketones (excluding diaryl/α,β-unsaturated/α-hetero) is 1. The molecule has 0 saturated carbocycles. The van der Waals surface area contributed by atoms with Gasteiger partial charge >= 0.3 is 0 Å².